The van der Waals surface area contributed by atoms with Crippen LogP contribution in [0.5, 0.6) is 0 Å². The third-order valence-electron chi connectivity index (χ3n) is 2.71. The second-order valence-electron chi connectivity index (χ2n) is 4.61. The molecule has 21 heavy (non-hydrogen) atoms. The van der Waals surface area contributed by atoms with Gasteiger partial charge < -0.3 is 15.2 Å². The van der Waals surface area contributed by atoms with Crippen LogP contribution in [0.1, 0.15) is 37.3 Å². The number of benzene rings is 1. The number of carbonyl (C=O) groups excluding carboxylic acids is 1. The molecule has 0 aromatic heterocycles. The molecule has 0 atom stereocenters. The highest BCUT2D eigenvalue weighted by Gasteiger charge is 2.01. The fourth-order valence-electron chi connectivity index (χ4n) is 1.68. The van der Waals surface area contributed by atoms with Gasteiger partial charge in [-0.3, -0.25) is 4.79 Å². The van der Waals surface area contributed by atoms with Crippen molar-refractivity contribution in [2.45, 2.75) is 32.7 Å². The van der Waals surface area contributed by atoms with Crippen molar-refractivity contribution in [3.63, 3.8) is 0 Å². The number of rotatable bonds is 8. The Bertz CT molecular complexity index is 488. The summed E-state index contributed by atoms with van der Waals surface area (Å²) in [5.74, 6) is 5.85. The molecule has 0 radical (unpaired) electrons. The first-order valence-corrected chi connectivity index (χ1v) is 7.29. The van der Waals surface area contributed by atoms with Crippen molar-refractivity contribution < 1.29 is 14.6 Å². The zero-order valence-electron chi connectivity index (χ0n) is 12.5. The van der Waals surface area contributed by atoms with Gasteiger partial charge in [0.1, 0.15) is 0 Å². The molecule has 0 aliphatic heterocycles. The van der Waals surface area contributed by atoms with Crippen LogP contribution in [0.15, 0.2) is 24.3 Å². The quantitative estimate of drug-likeness (QED) is 0.567. The van der Waals surface area contributed by atoms with Crippen molar-refractivity contribution in [1.82, 2.24) is 5.32 Å². The Balaban J connectivity index is 2.36. The highest BCUT2D eigenvalue weighted by Crippen LogP contribution is 2.04. The molecule has 0 aliphatic carbocycles. The molecular weight excluding hydrogens is 266 g/mol. The molecule has 2 N–H and O–H groups in total. The Hall–Kier alpha value is -1.83. The molecule has 0 heterocycles. The molecular formula is C17H23NO3. The van der Waals surface area contributed by atoms with E-state index in [9.17, 15) is 4.79 Å². The number of aliphatic hydroxyl groups is 1. The predicted molar refractivity (Wildman–Crippen MR) is 82.6 cm³/mol. The molecule has 1 amide bonds. The molecule has 0 fully saturated rings. The average molecular weight is 289 g/mol. The summed E-state index contributed by atoms with van der Waals surface area (Å²) >= 11 is 0. The molecule has 0 spiro atoms. The average Bonchev–Trinajstić information content (AvgIpc) is 2.50. The van der Waals surface area contributed by atoms with E-state index >= 15 is 0 Å². The lowest BCUT2D eigenvalue weighted by Crippen LogP contribution is -2.24. The van der Waals surface area contributed by atoms with Gasteiger partial charge in [-0.05, 0) is 24.1 Å². The lowest BCUT2D eigenvalue weighted by Gasteiger charge is -2.06. The molecule has 0 bridgehead atoms. The Morgan fingerprint density at radius 3 is 3.00 bits per heavy atom. The van der Waals surface area contributed by atoms with Gasteiger partial charge in [-0.25, -0.2) is 0 Å². The van der Waals surface area contributed by atoms with Gasteiger partial charge in [0, 0.05) is 31.6 Å². The number of amides is 1. The van der Waals surface area contributed by atoms with E-state index in [1.807, 2.05) is 31.2 Å². The first kappa shape index (κ1) is 17.2. The second kappa shape index (κ2) is 10.9. The summed E-state index contributed by atoms with van der Waals surface area (Å²) in [7, 11) is 0. The normalized spacial score (nSPS) is 9.81. The van der Waals surface area contributed by atoms with E-state index in [4.69, 9.17) is 9.84 Å². The Kier molecular flexibility index (Phi) is 8.94. The van der Waals surface area contributed by atoms with Crippen LogP contribution in [0.25, 0.3) is 0 Å². The lowest BCUT2D eigenvalue weighted by atomic mass is 10.1. The maximum atomic E-state index is 11.6. The van der Waals surface area contributed by atoms with Gasteiger partial charge in [0.05, 0.1) is 13.2 Å². The van der Waals surface area contributed by atoms with E-state index in [2.05, 4.69) is 17.2 Å². The summed E-state index contributed by atoms with van der Waals surface area (Å²) in [6.45, 7) is 3.76. The van der Waals surface area contributed by atoms with Crippen LogP contribution >= 0.6 is 0 Å². The Morgan fingerprint density at radius 1 is 1.38 bits per heavy atom. The summed E-state index contributed by atoms with van der Waals surface area (Å²) in [6.07, 6.45) is 1.82. The summed E-state index contributed by atoms with van der Waals surface area (Å²) < 4.78 is 5.28. The van der Waals surface area contributed by atoms with Crippen LogP contribution in [-0.4, -0.2) is 30.8 Å². The van der Waals surface area contributed by atoms with E-state index in [1.165, 1.54) is 0 Å². The van der Waals surface area contributed by atoms with Crippen LogP contribution in [0.4, 0.5) is 0 Å². The van der Waals surface area contributed by atoms with Gasteiger partial charge in [0.25, 0.3) is 0 Å². The number of ether oxygens (including phenoxy) is 1. The Labute approximate surface area is 126 Å². The molecule has 0 unspecified atom stereocenters. The minimum absolute atomic E-state index is 0.0112. The monoisotopic (exact) mass is 289 g/mol. The maximum Gasteiger partial charge on any atom is 0.222 e. The molecule has 4 heteroatoms. The minimum Gasteiger partial charge on any atom is -0.395 e. The standard InChI is InChI=1S/C17H23NO3/c1-2-11-21-12-9-17(20)18-14-16-8-5-7-15(13-16)6-3-4-10-19/h5,7-8,13,19H,2,4,9-12,14H2,1H3,(H,18,20). The third-order valence-corrected chi connectivity index (χ3v) is 2.71. The van der Waals surface area contributed by atoms with Crippen LogP contribution in [-0.2, 0) is 16.1 Å². The topological polar surface area (TPSA) is 58.6 Å². The number of hydrogen-bond acceptors (Lipinski definition) is 3. The van der Waals surface area contributed by atoms with Gasteiger partial charge in [0.15, 0.2) is 0 Å². The van der Waals surface area contributed by atoms with Gasteiger partial charge >= 0.3 is 0 Å². The smallest absolute Gasteiger partial charge is 0.222 e. The van der Waals surface area contributed by atoms with Crippen molar-refractivity contribution in [2.24, 2.45) is 0 Å². The highest BCUT2D eigenvalue weighted by atomic mass is 16.5. The predicted octanol–water partition coefficient (Wildman–Crippen LogP) is 1.85. The minimum atomic E-state index is -0.0112. The van der Waals surface area contributed by atoms with E-state index in [1.54, 1.807) is 0 Å². The van der Waals surface area contributed by atoms with Crippen LogP contribution in [0.2, 0.25) is 0 Å². The molecule has 4 nitrogen and oxygen atoms in total. The van der Waals surface area contributed by atoms with Crippen molar-refractivity contribution in [3.05, 3.63) is 35.4 Å². The third kappa shape index (κ3) is 8.13. The second-order valence-corrected chi connectivity index (χ2v) is 4.61. The van der Waals surface area contributed by atoms with E-state index < -0.39 is 0 Å². The van der Waals surface area contributed by atoms with Crippen molar-refractivity contribution >= 4 is 5.91 Å². The van der Waals surface area contributed by atoms with Crippen LogP contribution < -0.4 is 5.32 Å². The van der Waals surface area contributed by atoms with E-state index in [0.717, 1.165) is 17.5 Å². The van der Waals surface area contributed by atoms with E-state index in [0.29, 0.717) is 32.6 Å². The van der Waals surface area contributed by atoms with E-state index in [-0.39, 0.29) is 12.5 Å². The van der Waals surface area contributed by atoms with Crippen molar-refractivity contribution in [1.29, 1.82) is 0 Å². The molecule has 0 saturated carbocycles. The fourth-order valence-corrected chi connectivity index (χ4v) is 1.68. The highest BCUT2D eigenvalue weighted by molar-refractivity contribution is 5.75. The number of carbonyl (C=O) groups is 1. The van der Waals surface area contributed by atoms with Crippen molar-refractivity contribution in [3.8, 4) is 11.8 Å². The van der Waals surface area contributed by atoms with Crippen LogP contribution in [0.3, 0.4) is 0 Å². The summed E-state index contributed by atoms with van der Waals surface area (Å²) in [4.78, 5) is 11.6. The maximum absolute atomic E-state index is 11.6. The number of hydrogen-bond donors (Lipinski definition) is 2. The molecule has 1 rings (SSSR count). The summed E-state index contributed by atoms with van der Waals surface area (Å²) in [6, 6.07) is 7.71. The van der Waals surface area contributed by atoms with Gasteiger partial charge in [-0.1, -0.05) is 30.9 Å². The SMILES string of the molecule is CCCOCCC(=O)NCc1cccc(C#CCCO)c1. The summed E-state index contributed by atoms with van der Waals surface area (Å²) in [5, 5.41) is 11.6. The number of aliphatic hydroxyl groups excluding tert-OH is 1. The first-order chi connectivity index (χ1) is 10.3. The Morgan fingerprint density at radius 2 is 2.24 bits per heavy atom. The molecule has 0 saturated heterocycles. The van der Waals surface area contributed by atoms with Crippen molar-refractivity contribution in [2.75, 3.05) is 19.8 Å². The van der Waals surface area contributed by atoms with Crippen LogP contribution in [0, 0.1) is 11.8 Å². The lowest BCUT2D eigenvalue weighted by molar-refractivity contribution is -0.122. The van der Waals surface area contributed by atoms with Gasteiger partial charge in [0.2, 0.25) is 5.91 Å². The molecule has 1 aromatic carbocycles. The molecule has 114 valence electrons. The molecule has 0 aliphatic rings. The zero-order chi connectivity index (χ0) is 15.3. The molecule has 1 aromatic rings. The zero-order valence-corrected chi connectivity index (χ0v) is 12.5. The largest absolute Gasteiger partial charge is 0.395 e. The van der Waals surface area contributed by atoms with Gasteiger partial charge in [-0.2, -0.15) is 0 Å². The fraction of sp³-hybridized carbons (Fsp3) is 0.471. The van der Waals surface area contributed by atoms with Gasteiger partial charge in [-0.15, -0.1) is 0 Å². The first-order valence-electron chi connectivity index (χ1n) is 7.29. The number of nitrogens with one attached hydrogen (secondary N) is 1. The summed E-state index contributed by atoms with van der Waals surface area (Å²) in [5.41, 5.74) is 1.90.